The number of esters is 1. The van der Waals surface area contributed by atoms with E-state index in [1.54, 1.807) is 6.92 Å². The molecule has 0 saturated carbocycles. The van der Waals surface area contributed by atoms with Crippen molar-refractivity contribution in [2.45, 2.75) is 19.4 Å². The molecule has 0 heterocycles. The van der Waals surface area contributed by atoms with Crippen molar-refractivity contribution in [1.82, 2.24) is 5.32 Å². The lowest BCUT2D eigenvalue weighted by atomic mass is 10.2. The van der Waals surface area contributed by atoms with Crippen LogP contribution in [0.4, 0.5) is 14.9 Å². The fourth-order valence-corrected chi connectivity index (χ4v) is 1.53. The quantitative estimate of drug-likeness (QED) is 0.837. The molecule has 1 aromatic carbocycles. The maximum Gasteiger partial charge on any atom is 0.319 e. The Bertz CT molecular complexity index is 482. The second kappa shape index (κ2) is 6.94. The third-order valence-electron chi connectivity index (χ3n) is 2.26. The number of anilines is 1. The first-order chi connectivity index (χ1) is 8.92. The molecule has 2 N–H and O–H groups in total. The van der Waals surface area contributed by atoms with Crippen molar-refractivity contribution >= 4 is 29.3 Å². The number of hydrogen-bond donors (Lipinski definition) is 2. The molecule has 0 radical (unpaired) electrons. The van der Waals surface area contributed by atoms with Crippen LogP contribution in [0.3, 0.4) is 0 Å². The first kappa shape index (κ1) is 15.2. The van der Waals surface area contributed by atoms with Gasteiger partial charge in [0, 0.05) is 11.7 Å². The largest absolute Gasteiger partial charge is 0.469 e. The number of carbonyl (C=O) groups is 2. The highest BCUT2D eigenvalue weighted by Gasteiger charge is 2.12. The van der Waals surface area contributed by atoms with Gasteiger partial charge in [-0.3, -0.25) is 4.79 Å². The van der Waals surface area contributed by atoms with E-state index in [4.69, 9.17) is 11.6 Å². The molecule has 0 aromatic heterocycles. The molecule has 5 nitrogen and oxygen atoms in total. The molecule has 104 valence electrons. The molecule has 1 rings (SSSR count). The minimum Gasteiger partial charge on any atom is -0.469 e. The Balaban J connectivity index is 2.50. The average molecular weight is 289 g/mol. The van der Waals surface area contributed by atoms with Crippen LogP contribution >= 0.6 is 11.6 Å². The standard InChI is InChI=1S/C12H14ClFN2O3/c1-7(5-11(17)19-2)15-12(18)16-8-3-4-10(14)9(13)6-8/h3-4,6-7H,5H2,1-2H3,(H2,15,16,18)/t7-/m0/s1. The number of methoxy groups -OCH3 is 1. The number of nitrogens with one attached hydrogen (secondary N) is 2. The Hall–Kier alpha value is -1.82. The van der Waals surface area contributed by atoms with Gasteiger partial charge in [-0.25, -0.2) is 9.18 Å². The van der Waals surface area contributed by atoms with Crippen LogP contribution in [0.1, 0.15) is 13.3 Å². The topological polar surface area (TPSA) is 67.4 Å². The molecule has 7 heteroatoms. The third kappa shape index (κ3) is 5.13. The van der Waals surface area contributed by atoms with E-state index in [0.29, 0.717) is 5.69 Å². The SMILES string of the molecule is COC(=O)C[C@H](C)NC(=O)Nc1ccc(F)c(Cl)c1. The molecule has 0 saturated heterocycles. The van der Waals surface area contributed by atoms with E-state index in [-0.39, 0.29) is 17.5 Å². The van der Waals surface area contributed by atoms with E-state index >= 15 is 0 Å². The van der Waals surface area contributed by atoms with Gasteiger partial charge in [-0.1, -0.05) is 11.6 Å². The number of urea groups is 1. The molecule has 19 heavy (non-hydrogen) atoms. The summed E-state index contributed by atoms with van der Waals surface area (Å²) in [5, 5.41) is 4.94. The van der Waals surface area contributed by atoms with Crippen molar-refractivity contribution in [3.63, 3.8) is 0 Å². The van der Waals surface area contributed by atoms with Crippen LogP contribution in [-0.4, -0.2) is 25.2 Å². The Morgan fingerprint density at radius 1 is 1.47 bits per heavy atom. The lowest BCUT2D eigenvalue weighted by molar-refractivity contribution is -0.141. The molecule has 0 spiro atoms. The molecular weight excluding hydrogens is 275 g/mol. The van der Waals surface area contributed by atoms with Gasteiger partial charge in [0.25, 0.3) is 0 Å². The van der Waals surface area contributed by atoms with Crippen LogP contribution in [0, 0.1) is 5.82 Å². The van der Waals surface area contributed by atoms with Crippen LogP contribution in [0.2, 0.25) is 5.02 Å². The van der Waals surface area contributed by atoms with Gasteiger partial charge >= 0.3 is 12.0 Å². The summed E-state index contributed by atoms with van der Waals surface area (Å²) in [6, 6.07) is 2.92. The second-order valence-corrected chi connectivity index (χ2v) is 4.32. The lowest BCUT2D eigenvalue weighted by Gasteiger charge is -2.13. The number of amides is 2. The number of benzene rings is 1. The molecule has 0 bridgehead atoms. The highest BCUT2D eigenvalue weighted by atomic mass is 35.5. The molecule has 0 aliphatic heterocycles. The number of rotatable bonds is 4. The molecule has 1 atom stereocenters. The van der Waals surface area contributed by atoms with E-state index in [1.807, 2.05) is 0 Å². The molecule has 2 amide bonds. The fourth-order valence-electron chi connectivity index (χ4n) is 1.35. The van der Waals surface area contributed by atoms with Gasteiger partial charge in [0.1, 0.15) is 5.82 Å². The summed E-state index contributed by atoms with van der Waals surface area (Å²) in [6.45, 7) is 1.66. The van der Waals surface area contributed by atoms with Crippen LogP contribution in [0.5, 0.6) is 0 Å². The highest BCUT2D eigenvalue weighted by Crippen LogP contribution is 2.19. The van der Waals surface area contributed by atoms with Gasteiger partial charge in [-0.15, -0.1) is 0 Å². The summed E-state index contributed by atoms with van der Waals surface area (Å²) >= 11 is 5.58. The summed E-state index contributed by atoms with van der Waals surface area (Å²) < 4.78 is 17.4. The van der Waals surface area contributed by atoms with Crippen molar-refractivity contribution in [1.29, 1.82) is 0 Å². The van der Waals surface area contributed by atoms with Crippen molar-refractivity contribution in [2.75, 3.05) is 12.4 Å². The van der Waals surface area contributed by atoms with E-state index in [0.717, 1.165) is 6.07 Å². The van der Waals surface area contributed by atoms with Crippen molar-refractivity contribution in [2.24, 2.45) is 0 Å². The van der Waals surface area contributed by atoms with E-state index in [1.165, 1.54) is 19.2 Å². The van der Waals surface area contributed by atoms with Crippen LogP contribution in [0.25, 0.3) is 0 Å². The Labute approximate surface area is 115 Å². The van der Waals surface area contributed by atoms with Gasteiger partial charge in [-0.2, -0.15) is 0 Å². The van der Waals surface area contributed by atoms with Crippen LogP contribution < -0.4 is 10.6 Å². The predicted molar refractivity (Wildman–Crippen MR) is 69.7 cm³/mol. The summed E-state index contributed by atoms with van der Waals surface area (Å²) in [6.07, 6.45) is 0.0636. The fraction of sp³-hybridized carbons (Fsp3) is 0.333. The maximum absolute atomic E-state index is 12.9. The zero-order valence-corrected chi connectivity index (χ0v) is 11.3. The summed E-state index contributed by atoms with van der Waals surface area (Å²) in [4.78, 5) is 22.6. The van der Waals surface area contributed by atoms with E-state index in [2.05, 4.69) is 15.4 Å². The van der Waals surface area contributed by atoms with Crippen LogP contribution in [0.15, 0.2) is 18.2 Å². The summed E-state index contributed by atoms with van der Waals surface area (Å²) in [5.41, 5.74) is 0.356. The molecule has 0 fully saturated rings. The minimum absolute atomic E-state index is 0.0636. The zero-order chi connectivity index (χ0) is 14.4. The number of carbonyl (C=O) groups excluding carboxylic acids is 2. The highest BCUT2D eigenvalue weighted by molar-refractivity contribution is 6.31. The van der Waals surface area contributed by atoms with Gasteiger partial charge < -0.3 is 15.4 Å². The van der Waals surface area contributed by atoms with E-state index < -0.39 is 17.8 Å². The average Bonchev–Trinajstić information content (AvgIpc) is 2.33. The monoisotopic (exact) mass is 288 g/mol. The molecule has 1 aromatic rings. The van der Waals surface area contributed by atoms with Crippen molar-refractivity contribution in [3.05, 3.63) is 29.0 Å². The van der Waals surface area contributed by atoms with Crippen molar-refractivity contribution < 1.29 is 18.7 Å². The minimum atomic E-state index is -0.563. The smallest absolute Gasteiger partial charge is 0.319 e. The zero-order valence-electron chi connectivity index (χ0n) is 10.5. The van der Waals surface area contributed by atoms with Crippen molar-refractivity contribution in [3.8, 4) is 0 Å². The van der Waals surface area contributed by atoms with Gasteiger partial charge in [-0.05, 0) is 25.1 Å². The van der Waals surface area contributed by atoms with Crippen LogP contribution in [-0.2, 0) is 9.53 Å². The maximum atomic E-state index is 12.9. The normalized spacial score (nSPS) is 11.6. The molecule has 0 unspecified atom stereocenters. The lowest BCUT2D eigenvalue weighted by Crippen LogP contribution is -2.37. The van der Waals surface area contributed by atoms with Gasteiger partial charge in [0.2, 0.25) is 0 Å². The Kier molecular flexibility index (Phi) is 5.57. The molecule has 0 aliphatic carbocycles. The Morgan fingerprint density at radius 3 is 2.74 bits per heavy atom. The molecular formula is C12H14ClFN2O3. The van der Waals surface area contributed by atoms with Gasteiger partial charge in [0.05, 0.1) is 18.6 Å². The third-order valence-corrected chi connectivity index (χ3v) is 2.55. The summed E-state index contributed by atoms with van der Waals surface area (Å²) in [5.74, 6) is -0.982. The predicted octanol–water partition coefficient (Wildman–Crippen LogP) is 2.55. The summed E-state index contributed by atoms with van der Waals surface area (Å²) in [7, 11) is 1.27. The number of hydrogen-bond acceptors (Lipinski definition) is 3. The first-order valence-electron chi connectivity index (χ1n) is 5.51. The first-order valence-corrected chi connectivity index (χ1v) is 5.89. The number of halogens is 2. The van der Waals surface area contributed by atoms with Gasteiger partial charge in [0.15, 0.2) is 0 Å². The second-order valence-electron chi connectivity index (χ2n) is 3.91. The molecule has 0 aliphatic rings. The van der Waals surface area contributed by atoms with E-state index in [9.17, 15) is 14.0 Å². The number of ether oxygens (including phenoxy) is 1. The Morgan fingerprint density at radius 2 is 2.16 bits per heavy atom.